The molecule has 6 rings (SSSR count). The number of benzene rings is 2. The number of ether oxygens (including phenoxy) is 4. The van der Waals surface area contributed by atoms with Gasteiger partial charge in [-0.3, -0.25) is 0 Å². The average Bonchev–Trinajstić information content (AvgIpc) is 3.76. The van der Waals surface area contributed by atoms with Gasteiger partial charge >= 0.3 is 0 Å². The fourth-order valence-corrected chi connectivity index (χ4v) is 7.65. The maximum absolute atomic E-state index is 10.2. The zero-order chi connectivity index (χ0) is 36.8. The lowest BCUT2D eigenvalue weighted by Crippen LogP contribution is -2.35. The van der Waals surface area contributed by atoms with E-state index < -0.39 is 0 Å². The van der Waals surface area contributed by atoms with Crippen molar-refractivity contribution in [3.8, 4) is 34.6 Å². The van der Waals surface area contributed by atoms with Crippen molar-refractivity contribution in [3.63, 3.8) is 0 Å². The van der Waals surface area contributed by atoms with Gasteiger partial charge in [0.2, 0.25) is 23.5 Å². The maximum Gasteiger partial charge on any atom is 0.236 e. The second kappa shape index (κ2) is 17.5. The Bertz CT molecular complexity index is 1730. The molecule has 52 heavy (non-hydrogen) atoms. The molecular weight excluding hydrogens is 703 g/mol. The predicted molar refractivity (Wildman–Crippen MR) is 203 cm³/mol. The average molecular weight is 752 g/mol. The molecule has 0 radical (unpaired) electrons. The van der Waals surface area contributed by atoms with Crippen LogP contribution in [-0.4, -0.2) is 58.7 Å². The minimum atomic E-state index is -0.341. The summed E-state index contributed by atoms with van der Waals surface area (Å²) in [6.07, 6.45) is 4.82. The van der Waals surface area contributed by atoms with Gasteiger partial charge in [0.15, 0.2) is 0 Å². The Morgan fingerprint density at radius 2 is 1.06 bits per heavy atom. The third kappa shape index (κ3) is 8.76. The smallest absolute Gasteiger partial charge is 0.236 e. The van der Waals surface area contributed by atoms with E-state index in [1.807, 2.05) is 36.4 Å². The largest absolute Gasteiger partial charge is 0.481 e. The first kappa shape index (κ1) is 38.1. The van der Waals surface area contributed by atoms with E-state index in [4.69, 9.17) is 42.1 Å². The number of nitrogens with zero attached hydrogens (tertiary/aromatic N) is 2. The van der Waals surface area contributed by atoms with E-state index in [-0.39, 0.29) is 37.5 Å². The first-order valence-corrected chi connectivity index (χ1v) is 18.6. The molecule has 278 valence electrons. The summed E-state index contributed by atoms with van der Waals surface area (Å²) in [5, 5.41) is 28.0. The van der Waals surface area contributed by atoms with Gasteiger partial charge < -0.3 is 39.8 Å². The third-order valence-corrected chi connectivity index (χ3v) is 10.9. The molecule has 2 aromatic carbocycles. The van der Waals surface area contributed by atoms with Crippen molar-refractivity contribution in [1.82, 2.24) is 20.6 Å². The van der Waals surface area contributed by atoms with Crippen LogP contribution in [-0.2, 0) is 26.3 Å². The molecular formula is C40H48Cl2N4O6. The van der Waals surface area contributed by atoms with Gasteiger partial charge in [0, 0.05) is 36.3 Å². The first-order chi connectivity index (χ1) is 25.2. The number of hydrogen-bond acceptors (Lipinski definition) is 10. The fraction of sp³-hybridized carbons (Fsp3) is 0.450. The lowest BCUT2D eigenvalue weighted by molar-refractivity contribution is 0.148. The summed E-state index contributed by atoms with van der Waals surface area (Å²) >= 11 is 13.3. The number of nitrogens with one attached hydrogen (secondary N) is 2. The second-order valence-electron chi connectivity index (χ2n) is 13.6. The summed E-state index contributed by atoms with van der Waals surface area (Å²) in [6, 6.07) is 16.0. The minimum Gasteiger partial charge on any atom is -0.481 e. The van der Waals surface area contributed by atoms with Gasteiger partial charge in [-0.15, -0.1) is 0 Å². The molecule has 4 N–H and O–H groups in total. The molecule has 2 fully saturated rings. The zero-order valence-corrected chi connectivity index (χ0v) is 31.7. The van der Waals surface area contributed by atoms with E-state index in [9.17, 15) is 10.2 Å². The van der Waals surface area contributed by atoms with E-state index in [1.54, 1.807) is 14.2 Å². The lowest BCUT2D eigenvalue weighted by atomic mass is 9.92. The standard InChI is InChI=1S/C40H48Cl2N4O6/c1-23-25(21-51-39-31(41)17-27(37(45-39)49-3)19-43-33-13-7-15-35(33)47)9-5-11-29(23)30-12-6-10-26(24(30)2)22-52-40-32(42)18-28(38(46-40)50-4)20-44-34-14-8-16-36(34)48/h5-6,9-12,17-18,33-36,43-44,47-48H,7-8,13-16,19-22H2,1-4H3/t33-,34?,35-,36-/m0/s1. The van der Waals surface area contributed by atoms with Crippen molar-refractivity contribution in [3.05, 3.63) is 92.0 Å². The van der Waals surface area contributed by atoms with Crippen molar-refractivity contribution in [2.24, 2.45) is 0 Å². The number of pyridine rings is 2. The van der Waals surface area contributed by atoms with Gasteiger partial charge in [0.25, 0.3) is 0 Å². The van der Waals surface area contributed by atoms with Crippen LogP contribution in [0.4, 0.5) is 0 Å². The molecule has 2 heterocycles. The van der Waals surface area contributed by atoms with E-state index in [1.165, 1.54) is 0 Å². The lowest BCUT2D eigenvalue weighted by Gasteiger charge is -2.19. The molecule has 0 bridgehead atoms. The highest BCUT2D eigenvalue weighted by molar-refractivity contribution is 6.32. The van der Waals surface area contributed by atoms with E-state index in [0.29, 0.717) is 46.7 Å². The van der Waals surface area contributed by atoms with Crippen LogP contribution in [0.15, 0.2) is 48.5 Å². The Balaban J connectivity index is 1.12. The molecule has 2 aliphatic carbocycles. The number of halogens is 2. The van der Waals surface area contributed by atoms with Gasteiger partial charge in [-0.2, -0.15) is 9.97 Å². The van der Waals surface area contributed by atoms with Crippen LogP contribution >= 0.6 is 23.2 Å². The summed E-state index contributed by atoms with van der Waals surface area (Å²) in [6.45, 7) is 5.66. The fourth-order valence-electron chi connectivity index (χ4n) is 7.19. The molecule has 2 saturated carbocycles. The highest BCUT2D eigenvalue weighted by Gasteiger charge is 2.26. The van der Waals surface area contributed by atoms with Crippen LogP contribution in [0.3, 0.4) is 0 Å². The van der Waals surface area contributed by atoms with Crippen LogP contribution in [0.5, 0.6) is 23.5 Å². The van der Waals surface area contributed by atoms with Crippen LogP contribution < -0.4 is 29.6 Å². The summed E-state index contributed by atoms with van der Waals surface area (Å²) < 4.78 is 23.5. The van der Waals surface area contributed by atoms with Gasteiger partial charge in [0.05, 0.1) is 26.4 Å². The Kier molecular flexibility index (Phi) is 12.8. The Labute approximate surface area is 315 Å². The molecule has 2 aromatic heterocycles. The second-order valence-corrected chi connectivity index (χ2v) is 14.4. The van der Waals surface area contributed by atoms with E-state index in [0.717, 1.165) is 83.0 Å². The summed E-state index contributed by atoms with van der Waals surface area (Å²) in [7, 11) is 3.15. The van der Waals surface area contributed by atoms with Gasteiger partial charge in [-0.05, 0) is 97.9 Å². The normalized spacial score (nSPS) is 19.9. The van der Waals surface area contributed by atoms with Gasteiger partial charge in [-0.1, -0.05) is 59.6 Å². The van der Waals surface area contributed by atoms with Crippen molar-refractivity contribution < 1.29 is 29.2 Å². The topological polar surface area (TPSA) is 127 Å². The van der Waals surface area contributed by atoms with Gasteiger partial charge in [0.1, 0.15) is 23.3 Å². The molecule has 0 amide bonds. The maximum atomic E-state index is 10.2. The quantitative estimate of drug-likeness (QED) is 0.0987. The highest BCUT2D eigenvalue weighted by Crippen LogP contribution is 2.35. The van der Waals surface area contributed by atoms with Crippen molar-refractivity contribution >= 4 is 23.2 Å². The number of methoxy groups -OCH3 is 2. The van der Waals surface area contributed by atoms with Gasteiger partial charge in [-0.25, -0.2) is 0 Å². The van der Waals surface area contributed by atoms with Crippen LogP contribution in [0.1, 0.15) is 71.9 Å². The zero-order valence-electron chi connectivity index (χ0n) is 30.2. The predicted octanol–water partition coefficient (Wildman–Crippen LogP) is 7.25. The molecule has 2 aliphatic rings. The molecule has 4 atom stereocenters. The summed E-state index contributed by atoms with van der Waals surface area (Å²) in [4.78, 5) is 9.15. The van der Waals surface area contributed by atoms with E-state index >= 15 is 0 Å². The number of aliphatic hydroxyl groups excluding tert-OH is 2. The number of aliphatic hydroxyl groups is 2. The van der Waals surface area contributed by atoms with Crippen molar-refractivity contribution in [2.45, 2.75) is 103 Å². The third-order valence-electron chi connectivity index (χ3n) is 10.3. The van der Waals surface area contributed by atoms with Crippen LogP contribution in [0, 0.1) is 13.8 Å². The Hall–Kier alpha value is -3.64. The number of aromatic nitrogens is 2. The van der Waals surface area contributed by atoms with E-state index in [2.05, 4.69) is 46.6 Å². The minimum absolute atomic E-state index is 0.0507. The number of rotatable bonds is 15. The molecule has 1 unspecified atom stereocenters. The summed E-state index contributed by atoms with van der Waals surface area (Å²) in [5.74, 6) is 1.46. The molecule has 12 heteroatoms. The number of hydrogen-bond donors (Lipinski definition) is 4. The molecule has 0 aliphatic heterocycles. The van der Waals surface area contributed by atoms with Crippen molar-refractivity contribution in [1.29, 1.82) is 0 Å². The molecule has 4 aromatic rings. The van der Waals surface area contributed by atoms with Crippen LogP contribution in [0.25, 0.3) is 11.1 Å². The molecule has 10 nitrogen and oxygen atoms in total. The Morgan fingerprint density at radius 3 is 1.42 bits per heavy atom. The highest BCUT2D eigenvalue weighted by atomic mass is 35.5. The monoisotopic (exact) mass is 750 g/mol. The van der Waals surface area contributed by atoms with Crippen LogP contribution in [0.2, 0.25) is 10.0 Å². The van der Waals surface area contributed by atoms with Crippen molar-refractivity contribution in [2.75, 3.05) is 14.2 Å². The first-order valence-electron chi connectivity index (χ1n) is 17.9. The molecule has 0 saturated heterocycles. The SMILES string of the molecule is COc1nc(OCc2cccc(-c3cccc(COc4nc(OC)c(CN[C@H]5CCC[C@@H]5O)cc4Cl)c3C)c2C)c(Cl)cc1CNC1CCC[C@@H]1O. The Morgan fingerprint density at radius 1 is 0.635 bits per heavy atom. The molecule has 0 spiro atoms. The summed E-state index contributed by atoms with van der Waals surface area (Å²) in [5.41, 5.74) is 7.91.